The molecule has 0 aliphatic carbocycles. The van der Waals surface area contributed by atoms with Crippen molar-refractivity contribution in [1.82, 2.24) is 4.31 Å². The molecule has 0 radical (unpaired) electrons. The van der Waals surface area contributed by atoms with E-state index >= 15 is 0 Å². The molecule has 0 saturated carbocycles. The number of piperidine rings is 1. The minimum absolute atomic E-state index is 0.0553. The third-order valence-electron chi connectivity index (χ3n) is 7.39. The SMILES string of the molecule is COCCCN1C(=O)c2cccc3c(N(CCOC)C(=O)C4CCCN(S(=O)(=O)c5cccs5)C4)ccc1c23. The van der Waals surface area contributed by atoms with Gasteiger partial charge in [-0.3, -0.25) is 9.59 Å². The zero-order valence-electron chi connectivity index (χ0n) is 22.2. The number of rotatable bonds is 11. The first-order chi connectivity index (χ1) is 18.9. The largest absolute Gasteiger partial charge is 0.385 e. The van der Waals surface area contributed by atoms with Gasteiger partial charge in [0.2, 0.25) is 5.91 Å². The van der Waals surface area contributed by atoms with Gasteiger partial charge in [0.05, 0.1) is 23.9 Å². The molecule has 1 fully saturated rings. The Kier molecular flexibility index (Phi) is 8.34. The van der Waals surface area contributed by atoms with E-state index in [4.69, 9.17) is 9.47 Å². The van der Waals surface area contributed by atoms with E-state index in [-0.39, 0.29) is 18.4 Å². The fourth-order valence-corrected chi connectivity index (χ4v) is 8.18. The van der Waals surface area contributed by atoms with Crippen molar-refractivity contribution in [1.29, 1.82) is 0 Å². The molecule has 9 nitrogen and oxygen atoms in total. The molecule has 208 valence electrons. The average Bonchev–Trinajstić information content (AvgIpc) is 3.59. The number of anilines is 2. The van der Waals surface area contributed by atoms with E-state index in [1.54, 1.807) is 41.5 Å². The van der Waals surface area contributed by atoms with Crippen molar-refractivity contribution in [2.75, 3.05) is 63.4 Å². The van der Waals surface area contributed by atoms with Gasteiger partial charge in [-0.2, -0.15) is 4.31 Å². The lowest BCUT2D eigenvalue weighted by Crippen LogP contribution is -2.47. The summed E-state index contributed by atoms with van der Waals surface area (Å²) < 4.78 is 38.6. The molecule has 3 aromatic rings. The summed E-state index contributed by atoms with van der Waals surface area (Å²) in [5, 5.41) is 3.39. The second kappa shape index (κ2) is 11.7. The zero-order valence-corrected chi connectivity index (χ0v) is 23.8. The lowest BCUT2D eigenvalue weighted by molar-refractivity contribution is -0.123. The summed E-state index contributed by atoms with van der Waals surface area (Å²) in [7, 11) is -0.420. The van der Waals surface area contributed by atoms with E-state index in [0.29, 0.717) is 67.6 Å². The first-order valence-electron chi connectivity index (χ1n) is 13.1. The summed E-state index contributed by atoms with van der Waals surface area (Å²) >= 11 is 1.18. The summed E-state index contributed by atoms with van der Waals surface area (Å²) in [6, 6.07) is 12.7. The summed E-state index contributed by atoms with van der Waals surface area (Å²) in [5.41, 5.74) is 2.14. The lowest BCUT2D eigenvalue weighted by Gasteiger charge is -2.34. The number of amides is 2. The van der Waals surface area contributed by atoms with Crippen LogP contribution in [0.4, 0.5) is 11.4 Å². The molecule has 39 heavy (non-hydrogen) atoms. The van der Waals surface area contributed by atoms with Gasteiger partial charge in [-0.15, -0.1) is 11.3 Å². The van der Waals surface area contributed by atoms with Crippen LogP contribution in [0.5, 0.6) is 0 Å². The molecule has 2 aromatic carbocycles. The van der Waals surface area contributed by atoms with Gasteiger partial charge in [-0.1, -0.05) is 18.2 Å². The van der Waals surface area contributed by atoms with Crippen molar-refractivity contribution in [2.45, 2.75) is 23.5 Å². The third kappa shape index (κ3) is 5.21. The number of methoxy groups -OCH3 is 2. The van der Waals surface area contributed by atoms with Gasteiger partial charge in [-0.05, 0) is 48.9 Å². The highest BCUT2D eigenvalue weighted by atomic mass is 32.2. The first kappa shape index (κ1) is 27.7. The Morgan fingerprint density at radius 3 is 2.67 bits per heavy atom. The van der Waals surface area contributed by atoms with E-state index in [2.05, 4.69) is 0 Å². The summed E-state index contributed by atoms with van der Waals surface area (Å²) in [4.78, 5) is 30.8. The number of hydrogen-bond acceptors (Lipinski definition) is 7. The molecule has 2 aliphatic heterocycles. The van der Waals surface area contributed by atoms with Gasteiger partial charge in [0.25, 0.3) is 15.9 Å². The van der Waals surface area contributed by atoms with Crippen molar-refractivity contribution >= 4 is 55.3 Å². The Hall–Kier alpha value is -2.83. The first-order valence-corrected chi connectivity index (χ1v) is 15.4. The molecular formula is C28H33N3O6S2. The normalized spacial score (nSPS) is 17.7. The van der Waals surface area contributed by atoms with Gasteiger partial charge in [0.1, 0.15) is 4.21 Å². The van der Waals surface area contributed by atoms with E-state index in [1.165, 1.54) is 15.6 Å². The van der Waals surface area contributed by atoms with Crippen LogP contribution in [0.2, 0.25) is 0 Å². The molecule has 3 heterocycles. The molecule has 0 bridgehead atoms. The van der Waals surface area contributed by atoms with Gasteiger partial charge in [0.15, 0.2) is 0 Å². The van der Waals surface area contributed by atoms with Gasteiger partial charge < -0.3 is 19.3 Å². The van der Waals surface area contributed by atoms with Crippen LogP contribution in [-0.4, -0.2) is 78.1 Å². The fourth-order valence-electron chi connectivity index (χ4n) is 5.51. The number of benzene rings is 2. The van der Waals surface area contributed by atoms with Crippen LogP contribution >= 0.6 is 11.3 Å². The van der Waals surface area contributed by atoms with Crippen molar-refractivity contribution in [2.24, 2.45) is 5.92 Å². The molecule has 5 rings (SSSR count). The minimum atomic E-state index is -3.65. The highest BCUT2D eigenvalue weighted by Crippen LogP contribution is 2.42. The van der Waals surface area contributed by atoms with Crippen molar-refractivity contribution in [3.05, 3.63) is 53.4 Å². The van der Waals surface area contributed by atoms with Crippen LogP contribution in [0.1, 0.15) is 29.6 Å². The van der Waals surface area contributed by atoms with E-state index < -0.39 is 15.9 Å². The second-order valence-electron chi connectivity index (χ2n) is 9.75. The summed E-state index contributed by atoms with van der Waals surface area (Å²) in [6.45, 7) is 2.26. The number of thiophene rings is 1. The van der Waals surface area contributed by atoms with Crippen molar-refractivity contribution in [3.63, 3.8) is 0 Å². The third-order valence-corrected chi connectivity index (χ3v) is 10.6. The molecule has 0 spiro atoms. The molecule has 1 atom stereocenters. The Morgan fingerprint density at radius 1 is 1.10 bits per heavy atom. The number of ether oxygens (including phenoxy) is 2. The zero-order chi connectivity index (χ0) is 27.6. The van der Waals surface area contributed by atoms with Gasteiger partial charge >= 0.3 is 0 Å². The van der Waals surface area contributed by atoms with Crippen molar-refractivity contribution < 1.29 is 27.5 Å². The maximum Gasteiger partial charge on any atom is 0.258 e. The predicted molar refractivity (Wildman–Crippen MR) is 152 cm³/mol. The number of carbonyl (C=O) groups excluding carboxylic acids is 2. The quantitative estimate of drug-likeness (QED) is 0.323. The standard InChI is InChI=1S/C28H33N3O6S2/c1-36-16-6-14-30-24-12-11-23(21-8-3-9-22(26(21)24)28(30)33)31(15-17-37-2)27(32)20-7-4-13-29(19-20)39(34,35)25-10-5-18-38-25/h3,5,8-12,18,20H,4,6-7,13-17,19H2,1-2H3. The van der Waals surface area contributed by atoms with E-state index in [0.717, 1.165) is 16.5 Å². The number of nitrogens with zero attached hydrogens (tertiary/aromatic N) is 3. The fraction of sp³-hybridized carbons (Fsp3) is 0.429. The Morgan fingerprint density at radius 2 is 1.92 bits per heavy atom. The Labute approximate surface area is 232 Å². The van der Waals surface area contributed by atoms with Gasteiger partial charge in [-0.25, -0.2) is 8.42 Å². The van der Waals surface area contributed by atoms with Crippen LogP contribution in [0.15, 0.2) is 52.1 Å². The molecule has 1 aromatic heterocycles. The molecule has 0 N–H and O–H groups in total. The van der Waals surface area contributed by atoms with E-state index in [1.807, 2.05) is 30.3 Å². The molecule has 2 aliphatic rings. The Balaban J connectivity index is 1.47. The molecule has 11 heteroatoms. The second-order valence-corrected chi connectivity index (χ2v) is 12.9. The molecule has 1 saturated heterocycles. The van der Waals surface area contributed by atoms with Crippen LogP contribution in [0, 0.1) is 5.92 Å². The summed E-state index contributed by atoms with van der Waals surface area (Å²) in [6.07, 6.45) is 1.92. The smallest absolute Gasteiger partial charge is 0.258 e. The van der Waals surface area contributed by atoms with Crippen LogP contribution in [0.3, 0.4) is 0 Å². The monoisotopic (exact) mass is 571 g/mol. The molecule has 2 amide bonds. The Bertz CT molecular complexity index is 1460. The minimum Gasteiger partial charge on any atom is -0.385 e. The lowest BCUT2D eigenvalue weighted by atomic mass is 9.96. The average molecular weight is 572 g/mol. The number of carbonyl (C=O) groups is 2. The van der Waals surface area contributed by atoms with Crippen molar-refractivity contribution in [3.8, 4) is 0 Å². The summed E-state index contributed by atoms with van der Waals surface area (Å²) in [5.74, 6) is -0.680. The van der Waals surface area contributed by atoms with Crippen LogP contribution in [0.25, 0.3) is 10.8 Å². The molecule has 1 unspecified atom stereocenters. The van der Waals surface area contributed by atoms with Gasteiger partial charge in [0, 0.05) is 63.3 Å². The van der Waals surface area contributed by atoms with Crippen LogP contribution < -0.4 is 9.80 Å². The predicted octanol–water partition coefficient (Wildman–Crippen LogP) is 3.98. The van der Waals surface area contributed by atoms with Crippen LogP contribution in [-0.2, 0) is 24.3 Å². The number of sulfonamides is 1. The highest BCUT2D eigenvalue weighted by Gasteiger charge is 2.37. The number of hydrogen-bond donors (Lipinski definition) is 0. The van der Waals surface area contributed by atoms with E-state index in [9.17, 15) is 18.0 Å². The maximum absolute atomic E-state index is 14.1. The topological polar surface area (TPSA) is 96.5 Å². The molecular weight excluding hydrogens is 538 g/mol. The highest BCUT2D eigenvalue weighted by molar-refractivity contribution is 7.91. The maximum atomic E-state index is 14.1.